The predicted octanol–water partition coefficient (Wildman–Crippen LogP) is 3.67. The van der Waals surface area contributed by atoms with Gasteiger partial charge in [-0.25, -0.2) is 4.68 Å². The fourth-order valence-electron chi connectivity index (χ4n) is 3.50. The molecule has 9 heteroatoms. The number of fused-ring (bicyclic) bond motifs is 1. The molecule has 1 atom stereocenters. The van der Waals surface area contributed by atoms with Crippen molar-refractivity contribution in [1.29, 1.82) is 0 Å². The summed E-state index contributed by atoms with van der Waals surface area (Å²) < 4.78 is 24.1. The summed E-state index contributed by atoms with van der Waals surface area (Å²) in [6, 6.07) is 15.4. The van der Waals surface area contributed by atoms with Crippen LogP contribution in [-0.4, -0.2) is 38.9 Å². The van der Waals surface area contributed by atoms with Crippen molar-refractivity contribution < 1.29 is 18.7 Å². The maximum absolute atomic E-state index is 6.08. The van der Waals surface area contributed by atoms with Crippen LogP contribution in [0.1, 0.15) is 24.3 Å². The first-order chi connectivity index (χ1) is 15.2. The average molecular weight is 419 g/mol. The van der Waals surface area contributed by atoms with Crippen molar-refractivity contribution in [1.82, 2.24) is 25.1 Å². The van der Waals surface area contributed by atoms with Crippen molar-refractivity contribution in [2.75, 3.05) is 13.7 Å². The molecule has 0 bridgehead atoms. The SMILES string of the molecule is CCOc1ccc([C@H]2Cn3nnc(-c4nc(-c5ccc(OC)cc5)no4)c3CO2)cc1. The Morgan fingerprint density at radius 3 is 2.58 bits per heavy atom. The summed E-state index contributed by atoms with van der Waals surface area (Å²) in [5.74, 6) is 2.40. The molecular formula is C22H21N5O4. The smallest absolute Gasteiger partial charge is 0.280 e. The number of rotatable bonds is 6. The number of nitrogens with zero attached hydrogens (tertiary/aromatic N) is 5. The molecule has 0 amide bonds. The lowest BCUT2D eigenvalue weighted by Crippen LogP contribution is -2.22. The highest BCUT2D eigenvalue weighted by molar-refractivity contribution is 5.59. The Labute approximate surface area is 178 Å². The quantitative estimate of drug-likeness (QED) is 0.467. The maximum atomic E-state index is 6.08. The van der Waals surface area contributed by atoms with Gasteiger partial charge in [0.2, 0.25) is 5.82 Å². The van der Waals surface area contributed by atoms with E-state index in [0.29, 0.717) is 37.2 Å². The zero-order valence-corrected chi connectivity index (χ0v) is 17.2. The van der Waals surface area contributed by atoms with Gasteiger partial charge < -0.3 is 18.7 Å². The minimum absolute atomic E-state index is 0.115. The zero-order valence-electron chi connectivity index (χ0n) is 17.2. The lowest BCUT2D eigenvalue weighted by molar-refractivity contribution is -0.00119. The van der Waals surface area contributed by atoms with Crippen LogP contribution in [0.15, 0.2) is 53.1 Å². The highest BCUT2D eigenvalue weighted by Gasteiger charge is 2.28. The lowest BCUT2D eigenvalue weighted by Gasteiger charge is -2.24. The fourth-order valence-corrected chi connectivity index (χ4v) is 3.50. The van der Waals surface area contributed by atoms with E-state index in [9.17, 15) is 0 Å². The molecule has 0 unspecified atom stereocenters. The second kappa shape index (κ2) is 8.19. The van der Waals surface area contributed by atoms with Gasteiger partial charge in [-0.3, -0.25) is 0 Å². The molecule has 2 aromatic carbocycles. The number of hydrogen-bond acceptors (Lipinski definition) is 8. The molecule has 0 spiro atoms. The van der Waals surface area contributed by atoms with E-state index in [-0.39, 0.29) is 6.10 Å². The summed E-state index contributed by atoms with van der Waals surface area (Å²) in [7, 11) is 1.62. The number of aromatic nitrogens is 5. The van der Waals surface area contributed by atoms with Gasteiger partial charge in [0.05, 0.1) is 32.6 Å². The average Bonchev–Trinajstić information content (AvgIpc) is 3.46. The molecule has 0 saturated heterocycles. The molecule has 0 saturated carbocycles. The third kappa shape index (κ3) is 3.75. The van der Waals surface area contributed by atoms with Gasteiger partial charge in [-0.05, 0) is 48.9 Å². The van der Waals surface area contributed by atoms with E-state index in [1.165, 1.54) is 0 Å². The van der Waals surface area contributed by atoms with Crippen LogP contribution in [0.2, 0.25) is 0 Å². The van der Waals surface area contributed by atoms with Crippen LogP contribution >= 0.6 is 0 Å². The van der Waals surface area contributed by atoms with Crippen molar-refractivity contribution in [3.63, 3.8) is 0 Å². The van der Waals surface area contributed by atoms with Gasteiger partial charge in [-0.2, -0.15) is 4.98 Å². The van der Waals surface area contributed by atoms with E-state index in [0.717, 1.165) is 28.3 Å². The summed E-state index contributed by atoms with van der Waals surface area (Å²) in [6.07, 6.45) is -0.115. The van der Waals surface area contributed by atoms with Crippen molar-refractivity contribution in [3.05, 3.63) is 59.8 Å². The Balaban J connectivity index is 1.34. The highest BCUT2D eigenvalue weighted by atomic mass is 16.5. The first-order valence-corrected chi connectivity index (χ1v) is 10.0. The summed E-state index contributed by atoms with van der Waals surface area (Å²) in [5.41, 5.74) is 3.24. The minimum atomic E-state index is -0.115. The lowest BCUT2D eigenvalue weighted by atomic mass is 10.1. The molecular weight excluding hydrogens is 398 g/mol. The molecule has 0 fully saturated rings. The first-order valence-electron chi connectivity index (χ1n) is 10.0. The van der Waals surface area contributed by atoms with E-state index >= 15 is 0 Å². The Bertz CT molecular complexity index is 1170. The van der Waals surface area contributed by atoms with Gasteiger partial charge in [0, 0.05) is 5.56 Å². The molecule has 9 nitrogen and oxygen atoms in total. The van der Waals surface area contributed by atoms with Crippen LogP contribution in [0.3, 0.4) is 0 Å². The predicted molar refractivity (Wildman–Crippen MR) is 110 cm³/mol. The molecule has 1 aliphatic rings. The van der Waals surface area contributed by atoms with Crippen molar-refractivity contribution >= 4 is 0 Å². The van der Waals surface area contributed by atoms with Gasteiger partial charge in [0.1, 0.15) is 17.6 Å². The van der Waals surface area contributed by atoms with Gasteiger partial charge >= 0.3 is 0 Å². The van der Waals surface area contributed by atoms with Crippen molar-refractivity contribution in [2.45, 2.75) is 26.2 Å². The van der Waals surface area contributed by atoms with Crippen LogP contribution in [0, 0.1) is 0 Å². The number of benzene rings is 2. The van der Waals surface area contributed by atoms with Crippen LogP contribution < -0.4 is 9.47 Å². The molecule has 1 aliphatic heterocycles. The van der Waals surface area contributed by atoms with E-state index in [4.69, 9.17) is 18.7 Å². The molecule has 31 heavy (non-hydrogen) atoms. The van der Waals surface area contributed by atoms with Crippen LogP contribution in [0.5, 0.6) is 11.5 Å². The van der Waals surface area contributed by atoms with Crippen LogP contribution in [0.4, 0.5) is 0 Å². The monoisotopic (exact) mass is 419 g/mol. The molecule has 4 aromatic rings. The normalized spacial score (nSPS) is 15.5. The Morgan fingerprint density at radius 1 is 1.06 bits per heavy atom. The summed E-state index contributed by atoms with van der Waals surface area (Å²) in [6.45, 7) is 3.50. The minimum Gasteiger partial charge on any atom is -0.497 e. The molecule has 2 aromatic heterocycles. The van der Waals surface area contributed by atoms with Gasteiger partial charge in [0.15, 0.2) is 5.69 Å². The van der Waals surface area contributed by atoms with Crippen LogP contribution in [-0.2, 0) is 17.9 Å². The number of ether oxygens (including phenoxy) is 3. The maximum Gasteiger partial charge on any atom is 0.280 e. The van der Waals surface area contributed by atoms with E-state index < -0.39 is 0 Å². The summed E-state index contributed by atoms with van der Waals surface area (Å²) >= 11 is 0. The van der Waals surface area contributed by atoms with Gasteiger partial charge in [-0.1, -0.05) is 22.5 Å². The Hall–Kier alpha value is -3.72. The van der Waals surface area contributed by atoms with E-state index in [1.807, 2.05) is 60.1 Å². The Kier molecular flexibility index (Phi) is 5.09. The molecule has 0 radical (unpaired) electrons. The third-order valence-electron chi connectivity index (χ3n) is 5.14. The largest absolute Gasteiger partial charge is 0.497 e. The molecule has 0 aliphatic carbocycles. The zero-order chi connectivity index (χ0) is 21.2. The van der Waals surface area contributed by atoms with Crippen LogP contribution in [0.25, 0.3) is 23.0 Å². The van der Waals surface area contributed by atoms with Crippen molar-refractivity contribution in [3.8, 4) is 34.5 Å². The first kappa shape index (κ1) is 19.3. The van der Waals surface area contributed by atoms with Crippen molar-refractivity contribution in [2.24, 2.45) is 0 Å². The van der Waals surface area contributed by atoms with Gasteiger partial charge in [-0.15, -0.1) is 5.10 Å². The highest BCUT2D eigenvalue weighted by Crippen LogP contribution is 2.31. The van der Waals surface area contributed by atoms with Gasteiger partial charge in [0.25, 0.3) is 5.89 Å². The Morgan fingerprint density at radius 2 is 1.84 bits per heavy atom. The van der Waals surface area contributed by atoms with E-state index in [2.05, 4.69) is 20.5 Å². The molecule has 3 heterocycles. The number of methoxy groups -OCH3 is 1. The molecule has 158 valence electrons. The molecule has 0 N–H and O–H groups in total. The van der Waals surface area contributed by atoms with E-state index in [1.54, 1.807) is 7.11 Å². The number of hydrogen-bond donors (Lipinski definition) is 0. The second-order valence-electron chi connectivity index (χ2n) is 7.02. The molecule has 5 rings (SSSR count). The standard InChI is InChI=1S/C22H21N5O4/c1-3-29-17-10-4-14(5-11-17)19-12-27-18(13-30-19)20(24-26-27)22-23-21(25-31-22)15-6-8-16(28-2)9-7-15/h4-11,19H,3,12-13H2,1-2H3/t19-/m1/s1. The summed E-state index contributed by atoms with van der Waals surface area (Å²) in [4.78, 5) is 4.49. The topological polar surface area (TPSA) is 97.3 Å². The third-order valence-corrected chi connectivity index (χ3v) is 5.14. The second-order valence-corrected chi connectivity index (χ2v) is 7.02. The fraction of sp³-hybridized carbons (Fsp3) is 0.273. The summed E-state index contributed by atoms with van der Waals surface area (Å²) in [5, 5.41) is 12.6.